The number of nitrogens with one attached hydrogen (secondary N) is 1. The van der Waals surface area contributed by atoms with Crippen LogP contribution in [0.25, 0.3) is 11.0 Å². The van der Waals surface area contributed by atoms with E-state index in [-0.39, 0.29) is 47.3 Å². The molecular formula is C29H27F2N7O4. The van der Waals surface area contributed by atoms with Crippen LogP contribution in [0.5, 0.6) is 5.88 Å². The van der Waals surface area contributed by atoms with Gasteiger partial charge in [-0.3, -0.25) is 4.90 Å². The monoisotopic (exact) mass is 575 g/mol. The second-order valence-electron chi connectivity index (χ2n) is 10.3. The molecule has 0 spiro atoms. The average molecular weight is 576 g/mol. The van der Waals surface area contributed by atoms with E-state index in [1.165, 1.54) is 12.1 Å². The van der Waals surface area contributed by atoms with Crippen LogP contribution in [0.15, 0.2) is 42.6 Å². The molecule has 2 fully saturated rings. The van der Waals surface area contributed by atoms with Crippen LogP contribution in [0.1, 0.15) is 40.2 Å². The summed E-state index contributed by atoms with van der Waals surface area (Å²) < 4.78 is 41.7. The minimum Gasteiger partial charge on any atom is -0.478 e. The summed E-state index contributed by atoms with van der Waals surface area (Å²) in [5.41, 5.74) is 2.05. The third-order valence-electron chi connectivity index (χ3n) is 7.48. The largest absolute Gasteiger partial charge is 0.478 e. The molecule has 0 bridgehead atoms. The summed E-state index contributed by atoms with van der Waals surface area (Å²) in [6, 6.07) is 10.8. The van der Waals surface area contributed by atoms with E-state index in [2.05, 4.69) is 24.8 Å². The van der Waals surface area contributed by atoms with Crippen molar-refractivity contribution in [2.24, 2.45) is 0 Å². The SMILES string of the molecule is N#Cc1ccc(COc2nc(N[C@@H]3CCN(Cc4nc5ccc(C(=O)O)cc5n4C[C@@H]4CCO4)C3)ncc2F)c(F)c1. The molecule has 0 radical (unpaired) electrons. The van der Waals surface area contributed by atoms with Crippen molar-refractivity contribution in [3.63, 3.8) is 0 Å². The van der Waals surface area contributed by atoms with Crippen molar-refractivity contribution < 1.29 is 28.2 Å². The molecule has 2 aliphatic rings. The number of nitriles is 1. The highest BCUT2D eigenvalue weighted by Gasteiger charge is 2.27. The number of rotatable bonds is 10. The van der Waals surface area contributed by atoms with Crippen molar-refractivity contribution in [2.45, 2.75) is 44.7 Å². The van der Waals surface area contributed by atoms with Gasteiger partial charge in [-0.25, -0.2) is 19.2 Å². The zero-order chi connectivity index (χ0) is 29.2. The number of fused-ring (bicyclic) bond motifs is 1. The third kappa shape index (κ3) is 5.86. The molecule has 216 valence electrons. The molecule has 13 heteroatoms. The van der Waals surface area contributed by atoms with Crippen LogP contribution in [-0.2, 0) is 24.4 Å². The molecule has 0 amide bonds. The molecule has 2 saturated heterocycles. The van der Waals surface area contributed by atoms with E-state index in [1.807, 2.05) is 6.07 Å². The number of hydrogen-bond acceptors (Lipinski definition) is 9. The van der Waals surface area contributed by atoms with Crippen LogP contribution >= 0.6 is 0 Å². The zero-order valence-corrected chi connectivity index (χ0v) is 22.5. The Kier molecular flexibility index (Phi) is 7.64. The summed E-state index contributed by atoms with van der Waals surface area (Å²) in [5, 5.41) is 21.6. The van der Waals surface area contributed by atoms with Crippen LogP contribution in [-0.4, -0.2) is 67.3 Å². The molecule has 0 unspecified atom stereocenters. The van der Waals surface area contributed by atoms with Crippen molar-refractivity contribution in [1.29, 1.82) is 5.26 Å². The first kappa shape index (κ1) is 27.5. The van der Waals surface area contributed by atoms with Crippen molar-refractivity contribution in [1.82, 2.24) is 24.4 Å². The number of likely N-dealkylation sites (tertiary alicyclic amines) is 1. The van der Waals surface area contributed by atoms with E-state index >= 15 is 0 Å². The second kappa shape index (κ2) is 11.7. The van der Waals surface area contributed by atoms with Gasteiger partial charge in [-0.2, -0.15) is 14.6 Å². The Bertz CT molecular complexity index is 1680. The van der Waals surface area contributed by atoms with Gasteiger partial charge in [-0.15, -0.1) is 0 Å². The van der Waals surface area contributed by atoms with Gasteiger partial charge in [0.15, 0.2) is 0 Å². The van der Waals surface area contributed by atoms with Gasteiger partial charge >= 0.3 is 5.97 Å². The first-order valence-electron chi connectivity index (χ1n) is 13.5. The van der Waals surface area contributed by atoms with Gasteiger partial charge in [0, 0.05) is 31.3 Å². The number of carboxylic acid groups (broad SMARTS) is 1. The van der Waals surface area contributed by atoms with Gasteiger partial charge < -0.3 is 24.5 Å². The predicted octanol–water partition coefficient (Wildman–Crippen LogP) is 3.73. The number of anilines is 1. The molecule has 2 N–H and O–H groups in total. The highest BCUT2D eigenvalue weighted by molar-refractivity contribution is 5.92. The average Bonchev–Trinajstić information content (AvgIpc) is 3.54. The summed E-state index contributed by atoms with van der Waals surface area (Å²) in [5.74, 6) is -1.68. The Hall–Kier alpha value is -4.67. The predicted molar refractivity (Wildman–Crippen MR) is 146 cm³/mol. The van der Waals surface area contributed by atoms with Crippen LogP contribution in [0, 0.1) is 23.0 Å². The number of halogens is 2. The standard InChI is InChI=1S/C29H27F2N7O4/c30-22-9-17(11-32)1-2-19(22)16-42-27-23(31)12-33-29(36-27)34-20-5-7-37(13-20)15-26-35-24-4-3-18(28(39)40)10-25(24)38(26)14-21-6-8-41-21/h1-4,9-10,12,20-21H,5-8,13-16H2,(H,39,40)(H,33,34,36)/t20-,21+/m1/s1. The summed E-state index contributed by atoms with van der Waals surface area (Å²) in [6.07, 6.45) is 2.80. The Morgan fingerprint density at radius 3 is 2.79 bits per heavy atom. The van der Waals surface area contributed by atoms with E-state index in [9.17, 15) is 18.7 Å². The fourth-order valence-corrected chi connectivity index (χ4v) is 5.14. The zero-order valence-electron chi connectivity index (χ0n) is 22.5. The fraction of sp³-hybridized carbons (Fsp3) is 0.345. The molecule has 6 rings (SSSR count). The number of benzene rings is 2. The summed E-state index contributed by atoms with van der Waals surface area (Å²) >= 11 is 0. The van der Waals surface area contributed by atoms with Crippen molar-refractivity contribution in [3.05, 3.63) is 76.7 Å². The summed E-state index contributed by atoms with van der Waals surface area (Å²) in [7, 11) is 0. The van der Waals surface area contributed by atoms with E-state index < -0.39 is 17.6 Å². The molecule has 4 heterocycles. The molecular weight excluding hydrogens is 548 g/mol. The molecule has 0 saturated carbocycles. The van der Waals surface area contributed by atoms with Crippen molar-refractivity contribution in [2.75, 3.05) is 25.0 Å². The smallest absolute Gasteiger partial charge is 0.335 e. The number of aromatic carboxylic acids is 1. The molecule has 2 atom stereocenters. The molecule has 4 aromatic rings. The quantitative estimate of drug-likeness (QED) is 0.288. The first-order chi connectivity index (χ1) is 20.4. The molecule has 42 heavy (non-hydrogen) atoms. The van der Waals surface area contributed by atoms with Crippen LogP contribution in [0.2, 0.25) is 0 Å². The number of imidazole rings is 1. The lowest BCUT2D eigenvalue weighted by atomic mass is 10.1. The number of nitrogens with zero attached hydrogens (tertiary/aromatic N) is 6. The topological polar surface area (TPSA) is 138 Å². The Labute approximate surface area is 239 Å². The maximum Gasteiger partial charge on any atom is 0.335 e. The minimum absolute atomic E-state index is 0.0225. The molecule has 2 aromatic heterocycles. The van der Waals surface area contributed by atoms with E-state index in [0.29, 0.717) is 19.6 Å². The number of ether oxygens (including phenoxy) is 2. The van der Waals surface area contributed by atoms with Gasteiger partial charge in [-0.1, -0.05) is 6.07 Å². The third-order valence-corrected chi connectivity index (χ3v) is 7.48. The number of aromatic nitrogens is 4. The van der Waals surface area contributed by atoms with Crippen LogP contribution < -0.4 is 10.1 Å². The number of carboxylic acids is 1. The lowest BCUT2D eigenvalue weighted by molar-refractivity contribution is -0.0591. The molecule has 2 aliphatic heterocycles. The lowest BCUT2D eigenvalue weighted by Gasteiger charge is -2.28. The fourth-order valence-electron chi connectivity index (χ4n) is 5.14. The number of hydrogen-bond donors (Lipinski definition) is 2. The Morgan fingerprint density at radius 1 is 1.19 bits per heavy atom. The van der Waals surface area contributed by atoms with Crippen LogP contribution in [0.3, 0.4) is 0 Å². The van der Waals surface area contributed by atoms with Gasteiger partial charge in [-0.05, 0) is 43.2 Å². The Morgan fingerprint density at radius 2 is 2.05 bits per heavy atom. The highest BCUT2D eigenvalue weighted by atomic mass is 19.1. The molecule has 2 aromatic carbocycles. The maximum atomic E-state index is 14.4. The van der Waals surface area contributed by atoms with Gasteiger partial charge in [0.1, 0.15) is 18.2 Å². The van der Waals surface area contributed by atoms with Gasteiger partial charge in [0.25, 0.3) is 5.88 Å². The van der Waals surface area contributed by atoms with E-state index in [4.69, 9.17) is 19.7 Å². The van der Waals surface area contributed by atoms with Crippen LogP contribution in [0.4, 0.5) is 14.7 Å². The molecule has 11 nitrogen and oxygen atoms in total. The van der Waals surface area contributed by atoms with Gasteiger partial charge in [0.2, 0.25) is 11.8 Å². The number of carbonyl (C=O) groups is 1. The van der Waals surface area contributed by atoms with Gasteiger partial charge in [0.05, 0.1) is 53.6 Å². The van der Waals surface area contributed by atoms with Crippen molar-refractivity contribution in [3.8, 4) is 11.9 Å². The summed E-state index contributed by atoms with van der Waals surface area (Å²) in [4.78, 5) is 26.8. The first-order valence-corrected chi connectivity index (χ1v) is 13.5. The maximum absolute atomic E-state index is 14.4. The molecule has 0 aliphatic carbocycles. The van der Waals surface area contributed by atoms with Crippen molar-refractivity contribution >= 4 is 23.0 Å². The van der Waals surface area contributed by atoms with E-state index in [0.717, 1.165) is 55.1 Å². The highest BCUT2D eigenvalue weighted by Crippen LogP contribution is 2.25. The minimum atomic E-state index is -0.988. The second-order valence-corrected chi connectivity index (χ2v) is 10.3. The summed E-state index contributed by atoms with van der Waals surface area (Å²) in [6.45, 7) is 3.03. The van der Waals surface area contributed by atoms with E-state index in [1.54, 1.807) is 18.2 Å². The normalized spacial score (nSPS) is 18.5. The lowest BCUT2D eigenvalue weighted by Crippen LogP contribution is -2.33. The Balaban J connectivity index is 1.11.